The third-order valence-electron chi connectivity index (χ3n) is 3.34. The molecule has 0 bridgehead atoms. The fraction of sp³-hybridized carbons (Fsp3) is 0.167. The lowest BCUT2D eigenvalue weighted by Gasteiger charge is -2.02. The summed E-state index contributed by atoms with van der Waals surface area (Å²) in [5.74, 6) is 1.79. The van der Waals surface area contributed by atoms with Crippen LogP contribution in [0.5, 0.6) is 0 Å². The molecule has 2 N–H and O–H groups in total. The summed E-state index contributed by atoms with van der Waals surface area (Å²) in [6.45, 7) is 0. The molecule has 0 aliphatic carbocycles. The maximum atomic E-state index is 12.0. The molecule has 0 atom stereocenters. The Kier molecular flexibility index (Phi) is 5.63. The van der Waals surface area contributed by atoms with Gasteiger partial charge in [-0.25, -0.2) is 0 Å². The van der Waals surface area contributed by atoms with Gasteiger partial charge in [0.15, 0.2) is 5.82 Å². The van der Waals surface area contributed by atoms with Gasteiger partial charge < -0.3 is 0 Å². The first-order valence-corrected chi connectivity index (χ1v) is 8.75. The number of hydrogen-bond donors (Lipinski definition) is 2. The second-order valence-electron chi connectivity index (χ2n) is 5.19. The summed E-state index contributed by atoms with van der Waals surface area (Å²) in [5.41, 5.74) is 0.935. The number of nitrogens with zero attached hydrogens (tertiary/aromatic N) is 2. The highest BCUT2D eigenvalue weighted by Crippen LogP contribution is 2.19. The Labute approximate surface area is 144 Å². The van der Waals surface area contributed by atoms with Crippen molar-refractivity contribution >= 4 is 23.6 Å². The smallest absolute Gasteiger partial charge is 0.249 e. The topological polar surface area (TPSA) is 70.7 Å². The van der Waals surface area contributed by atoms with E-state index in [1.54, 1.807) is 11.8 Å². The normalized spacial score (nSPS) is 10.5. The van der Waals surface area contributed by atoms with E-state index in [0.29, 0.717) is 18.2 Å². The van der Waals surface area contributed by atoms with Crippen LogP contribution in [0.4, 0.5) is 5.95 Å². The molecule has 6 heteroatoms. The summed E-state index contributed by atoms with van der Waals surface area (Å²) in [4.78, 5) is 17.5. The Balaban J connectivity index is 1.43. The first-order valence-electron chi connectivity index (χ1n) is 7.77. The molecule has 0 radical (unpaired) electrons. The van der Waals surface area contributed by atoms with E-state index in [1.165, 1.54) is 4.90 Å². The molecular weight excluding hydrogens is 320 g/mol. The third kappa shape index (κ3) is 4.70. The number of amides is 1. The Morgan fingerprint density at radius 1 is 1.04 bits per heavy atom. The molecule has 0 saturated heterocycles. The highest BCUT2D eigenvalue weighted by Gasteiger charge is 2.08. The van der Waals surface area contributed by atoms with Crippen molar-refractivity contribution < 1.29 is 4.79 Å². The monoisotopic (exact) mass is 338 g/mol. The summed E-state index contributed by atoms with van der Waals surface area (Å²) in [6.07, 6.45) is 1.26. The van der Waals surface area contributed by atoms with Gasteiger partial charge in [0.1, 0.15) is 0 Å². The third-order valence-corrected chi connectivity index (χ3v) is 4.44. The van der Waals surface area contributed by atoms with Crippen molar-refractivity contribution in [2.24, 2.45) is 0 Å². The summed E-state index contributed by atoms with van der Waals surface area (Å²) >= 11 is 1.75. The molecule has 122 valence electrons. The number of rotatable bonds is 7. The number of benzene rings is 2. The molecule has 0 aliphatic rings. The van der Waals surface area contributed by atoms with Crippen LogP contribution in [0.25, 0.3) is 11.4 Å². The van der Waals surface area contributed by atoms with Crippen LogP contribution in [0, 0.1) is 0 Å². The number of nitrogens with one attached hydrogen (secondary N) is 2. The van der Waals surface area contributed by atoms with Crippen LogP contribution in [0.2, 0.25) is 0 Å². The van der Waals surface area contributed by atoms with Gasteiger partial charge in [-0.05, 0) is 24.3 Å². The number of thioether (sulfide) groups is 1. The Bertz CT molecular complexity index is 774. The lowest BCUT2D eigenvalue weighted by molar-refractivity contribution is -0.116. The van der Waals surface area contributed by atoms with Crippen molar-refractivity contribution in [3.05, 3.63) is 60.7 Å². The fourth-order valence-corrected chi connectivity index (χ4v) is 3.04. The lowest BCUT2D eigenvalue weighted by Crippen LogP contribution is -2.12. The van der Waals surface area contributed by atoms with E-state index in [-0.39, 0.29) is 5.91 Å². The zero-order valence-corrected chi connectivity index (χ0v) is 13.9. The molecule has 2 aromatic carbocycles. The van der Waals surface area contributed by atoms with E-state index in [0.717, 1.165) is 17.7 Å². The average molecular weight is 338 g/mol. The molecule has 0 fully saturated rings. The molecule has 1 amide bonds. The number of anilines is 1. The molecule has 3 rings (SSSR count). The predicted molar refractivity (Wildman–Crippen MR) is 96.8 cm³/mol. The number of carbonyl (C=O) groups is 1. The number of aromatic nitrogens is 3. The van der Waals surface area contributed by atoms with Crippen molar-refractivity contribution in [1.29, 1.82) is 0 Å². The quantitative estimate of drug-likeness (QED) is 0.505. The fourth-order valence-electron chi connectivity index (χ4n) is 2.17. The number of carbonyl (C=O) groups excluding carboxylic acids is 1. The minimum Gasteiger partial charge on any atom is -0.293 e. The zero-order chi connectivity index (χ0) is 16.6. The zero-order valence-electron chi connectivity index (χ0n) is 13.1. The molecular formula is C18H18N4OS. The molecule has 0 unspecified atom stereocenters. The summed E-state index contributed by atoms with van der Waals surface area (Å²) in [5, 5.41) is 9.60. The van der Waals surface area contributed by atoms with E-state index in [1.807, 2.05) is 48.5 Å². The number of H-pyrrole nitrogens is 1. The van der Waals surface area contributed by atoms with E-state index in [2.05, 4.69) is 32.6 Å². The van der Waals surface area contributed by atoms with Crippen molar-refractivity contribution in [3.8, 4) is 11.4 Å². The van der Waals surface area contributed by atoms with Crippen LogP contribution >= 0.6 is 11.8 Å². The van der Waals surface area contributed by atoms with E-state index < -0.39 is 0 Å². The maximum Gasteiger partial charge on any atom is 0.249 e. The summed E-state index contributed by atoms with van der Waals surface area (Å²) in [6, 6.07) is 19.9. The second kappa shape index (κ2) is 8.31. The molecule has 5 nitrogen and oxygen atoms in total. The van der Waals surface area contributed by atoms with Crippen molar-refractivity contribution in [2.45, 2.75) is 17.7 Å². The van der Waals surface area contributed by atoms with Crippen LogP contribution < -0.4 is 5.32 Å². The second-order valence-corrected chi connectivity index (χ2v) is 6.36. The van der Waals surface area contributed by atoms with E-state index in [9.17, 15) is 4.79 Å². The summed E-state index contributed by atoms with van der Waals surface area (Å²) < 4.78 is 0. The van der Waals surface area contributed by atoms with Crippen LogP contribution in [0.1, 0.15) is 12.8 Å². The van der Waals surface area contributed by atoms with Crippen LogP contribution in [-0.4, -0.2) is 26.8 Å². The van der Waals surface area contributed by atoms with Gasteiger partial charge in [0.25, 0.3) is 0 Å². The van der Waals surface area contributed by atoms with E-state index in [4.69, 9.17) is 0 Å². The Morgan fingerprint density at radius 2 is 1.75 bits per heavy atom. The Hall–Kier alpha value is -2.60. The first kappa shape index (κ1) is 16.3. The minimum atomic E-state index is -0.0673. The molecule has 0 spiro atoms. The van der Waals surface area contributed by atoms with Gasteiger partial charge in [-0.3, -0.25) is 15.2 Å². The largest absolute Gasteiger partial charge is 0.293 e. The highest BCUT2D eigenvalue weighted by molar-refractivity contribution is 7.99. The van der Waals surface area contributed by atoms with Crippen LogP contribution in [-0.2, 0) is 4.79 Å². The average Bonchev–Trinajstić information content (AvgIpc) is 3.09. The maximum absolute atomic E-state index is 12.0. The van der Waals surface area contributed by atoms with Crippen molar-refractivity contribution in [2.75, 3.05) is 11.1 Å². The van der Waals surface area contributed by atoms with Gasteiger partial charge in [0.2, 0.25) is 11.9 Å². The molecule has 1 aromatic heterocycles. The van der Waals surface area contributed by atoms with Gasteiger partial charge in [0, 0.05) is 16.9 Å². The van der Waals surface area contributed by atoms with Crippen LogP contribution in [0.15, 0.2) is 65.6 Å². The summed E-state index contributed by atoms with van der Waals surface area (Å²) in [7, 11) is 0. The standard InChI is InChI=1S/C18H18N4OS/c23-16(12-7-13-24-15-10-5-2-6-11-15)19-18-20-17(21-22-18)14-8-3-1-4-9-14/h1-6,8-11H,7,12-13H2,(H2,19,20,21,22,23). The van der Waals surface area contributed by atoms with Gasteiger partial charge in [0.05, 0.1) is 0 Å². The van der Waals surface area contributed by atoms with Gasteiger partial charge >= 0.3 is 0 Å². The molecule has 0 saturated carbocycles. The first-order chi connectivity index (χ1) is 11.8. The Morgan fingerprint density at radius 3 is 2.50 bits per heavy atom. The van der Waals surface area contributed by atoms with E-state index >= 15 is 0 Å². The number of aromatic amines is 1. The molecule has 3 aromatic rings. The van der Waals surface area contributed by atoms with Gasteiger partial charge in [-0.15, -0.1) is 16.9 Å². The van der Waals surface area contributed by atoms with Crippen molar-refractivity contribution in [3.63, 3.8) is 0 Å². The van der Waals surface area contributed by atoms with Gasteiger partial charge in [-0.1, -0.05) is 48.5 Å². The highest BCUT2D eigenvalue weighted by atomic mass is 32.2. The minimum absolute atomic E-state index is 0.0673. The molecule has 1 heterocycles. The lowest BCUT2D eigenvalue weighted by atomic mass is 10.2. The van der Waals surface area contributed by atoms with Crippen LogP contribution in [0.3, 0.4) is 0 Å². The molecule has 24 heavy (non-hydrogen) atoms. The number of hydrogen-bond acceptors (Lipinski definition) is 4. The van der Waals surface area contributed by atoms with Crippen molar-refractivity contribution in [1.82, 2.24) is 15.2 Å². The SMILES string of the molecule is O=C(CCCSc1ccccc1)Nc1n[nH]c(-c2ccccc2)n1. The predicted octanol–water partition coefficient (Wildman–Crippen LogP) is 3.98. The van der Waals surface area contributed by atoms with Gasteiger partial charge in [-0.2, -0.15) is 4.98 Å². The molecule has 0 aliphatic heterocycles.